The van der Waals surface area contributed by atoms with Gasteiger partial charge in [0.25, 0.3) is 0 Å². The summed E-state index contributed by atoms with van der Waals surface area (Å²) in [5.74, 6) is 0.557. The molecule has 0 spiro atoms. The molecule has 0 N–H and O–H groups in total. The molecule has 2 heterocycles. The summed E-state index contributed by atoms with van der Waals surface area (Å²) in [5.41, 5.74) is 7.51. The molecule has 3 rings (SSSR count). The van der Waals surface area contributed by atoms with Crippen LogP contribution in [0, 0.1) is 0 Å². The van der Waals surface area contributed by atoms with Crippen LogP contribution >= 0.6 is 11.3 Å². The molecule has 0 fully saturated rings. The average molecular weight is 244 g/mol. The van der Waals surface area contributed by atoms with Crippen LogP contribution in [0.25, 0.3) is 10.4 Å². The molecule has 1 aliphatic carbocycles. The van der Waals surface area contributed by atoms with E-state index in [9.17, 15) is 0 Å². The first-order valence-electron chi connectivity index (χ1n) is 6.17. The molecule has 0 aromatic carbocycles. The summed E-state index contributed by atoms with van der Waals surface area (Å²) in [6.07, 6.45) is 7.61. The van der Waals surface area contributed by atoms with Crippen molar-refractivity contribution in [3.05, 3.63) is 34.7 Å². The first-order chi connectivity index (χ1) is 8.27. The summed E-state index contributed by atoms with van der Waals surface area (Å²) >= 11 is 1.70. The van der Waals surface area contributed by atoms with Crippen LogP contribution in [-0.2, 0) is 12.8 Å². The fraction of sp³-hybridized carbons (Fsp3) is 0.429. The maximum atomic E-state index is 4.64. The number of aryl methyl sites for hydroxylation is 1. The van der Waals surface area contributed by atoms with Gasteiger partial charge in [-0.2, -0.15) is 0 Å². The molecular formula is C14H16N2S. The van der Waals surface area contributed by atoms with E-state index < -0.39 is 0 Å². The number of fused-ring (bicyclic) bond motifs is 1. The first-order valence-corrected chi connectivity index (χ1v) is 7.05. The molecule has 17 heavy (non-hydrogen) atoms. The average Bonchev–Trinajstić information content (AvgIpc) is 2.98. The molecule has 88 valence electrons. The Morgan fingerprint density at radius 3 is 2.82 bits per heavy atom. The highest BCUT2D eigenvalue weighted by molar-refractivity contribution is 7.13. The molecule has 0 radical (unpaired) electrons. The quantitative estimate of drug-likeness (QED) is 0.802. The van der Waals surface area contributed by atoms with Crippen molar-refractivity contribution in [2.75, 3.05) is 0 Å². The van der Waals surface area contributed by atoms with E-state index in [1.807, 2.05) is 17.9 Å². The van der Waals surface area contributed by atoms with Gasteiger partial charge < -0.3 is 0 Å². The van der Waals surface area contributed by atoms with E-state index in [0.717, 1.165) is 6.42 Å². The molecule has 0 unspecified atom stereocenters. The summed E-state index contributed by atoms with van der Waals surface area (Å²) < 4.78 is 0. The van der Waals surface area contributed by atoms with Crippen LogP contribution in [0.5, 0.6) is 0 Å². The minimum atomic E-state index is 0.557. The lowest BCUT2D eigenvalue weighted by Gasteiger charge is -2.16. The third-order valence-corrected chi connectivity index (χ3v) is 4.23. The van der Waals surface area contributed by atoms with Crippen molar-refractivity contribution >= 4 is 11.3 Å². The van der Waals surface area contributed by atoms with Crippen molar-refractivity contribution in [3.8, 4) is 10.4 Å². The van der Waals surface area contributed by atoms with E-state index in [0.29, 0.717) is 5.92 Å². The predicted octanol–water partition coefficient (Wildman–Crippen LogP) is 3.82. The molecule has 0 saturated carbocycles. The smallest absolute Gasteiger partial charge is 0.0797 e. The molecule has 0 aliphatic heterocycles. The van der Waals surface area contributed by atoms with Crippen molar-refractivity contribution in [1.29, 1.82) is 0 Å². The number of pyridine rings is 1. The van der Waals surface area contributed by atoms with Crippen molar-refractivity contribution in [3.63, 3.8) is 0 Å². The normalized spacial score (nSPS) is 14.3. The predicted molar refractivity (Wildman–Crippen MR) is 71.5 cm³/mol. The number of rotatable bonds is 2. The monoisotopic (exact) mass is 244 g/mol. The van der Waals surface area contributed by atoms with Gasteiger partial charge in [0.05, 0.1) is 10.4 Å². The van der Waals surface area contributed by atoms with Gasteiger partial charge in [-0.15, -0.1) is 11.3 Å². The van der Waals surface area contributed by atoms with Crippen molar-refractivity contribution < 1.29 is 0 Å². The molecular weight excluding hydrogens is 228 g/mol. The Labute approximate surface area is 106 Å². The van der Waals surface area contributed by atoms with Crippen LogP contribution in [-0.4, -0.2) is 9.97 Å². The highest BCUT2D eigenvalue weighted by Gasteiger charge is 2.21. The zero-order valence-electron chi connectivity index (χ0n) is 10.2. The van der Waals surface area contributed by atoms with E-state index >= 15 is 0 Å². The summed E-state index contributed by atoms with van der Waals surface area (Å²) in [4.78, 5) is 10.1. The summed E-state index contributed by atoms with van der Waals surface area (Å²) in [6.45, 7) is 4.55. The number of nitrogens with zero attached hydrogens (tertiary/aromatic N) is 2. The second kappa shape index (κ2) is 4.22. The molecule has 2 aromatic rings. The van der Waals surface area contributed by atoms with Crippen LogP contribution in [0.15, 0.2) is 17.9 Å². The minimum absolute atomic E-state index is 0.557. The topological polar surface area (TPSA) is 25.8 Å². The highest BCUT2D eigenvalue weighted by Crippen LogP contribution is 2.37. The molecule has 0 bridgehead atoms. The van der Waals surface area contributed by atoms with E-state index in [1.54, 1.807) is 11.3 Å². The third-order valence-electron chi connectivity index (χ3n) is 3.43. The van der Waals surface area contributed by atoms with Crippen molar-refractivity contribution in [2.45, 2.75) is 39.0 Å². The number of thiazole rings is 1. The Bertz CT molecular complexity index is 529. The van der Waals surface area contributed by atoms with Gasteiger partial charge in [-0.1, -0.05) is 13.8 Å². The fourth-order valence-corrected chi connectivity index (χ4v) is 3.39. The molecule has 0 saturated heterocycles. The fourth-order valence-electron chi connectivity index (χ4n) is 2.74. The Balaban J connectivity index is 2.22. The van der Waals surface area contributed by atoms with Gasteiger partial charge in [0.1, 0.15) is 0 Å². The van der Waals surface area contributed by atoms with E-state index in [-0.39, 0.29) is 0 Å². The number of hydrogen-bond donors (Lipinski definition) is 0. The van der Waals surface area contributed by atoms with Crippen LogP contribution in [0.1, 0.15) is 43.0 Å². The van der Waals surface area contributed by atoms with Crippen molar-refractivity contribution in [1.82, 2.24) is 9.97 Å². The van der Waals surface area contributed by atoms with Crippen LogP contribution in [0.2, 0.25) is 0 Å². The molecule has 2 nitrogen and oxygen atoms in total. The Kier molecular flexibility index (Phi) is 2.71. The lowest BCUT2D eigenvalue weighted by molar-refractivity contribution is 0.840. The molecule has 0 atom stereocenters. The van der Waals surface area contributed by atoms with Gasteiger partial charge in [0.2, 0.25) is 0 Å². The Morgan fingerprint density at radius 1 is 1.24 bits per heavy atom. The zero-order chi connectivity index (χ0) is 11.8. The van der Waals surface area contributed by atoms with Crippen LogP contribution in [0.4, 0.5) is 0 Å². The van der Waals surface area contributed by atoms with Crippen LogP contribution < -0.4 is 0 Å². The second-order valence-electron chi connectivity index (χ2n) is 4.88. The molecule has 0 amide bonds. The van der Waals surface area contributed by atoms with E-state index in [2.05, 4.69) is 23.8 Å². The maximum absolute atomic E-state index is 4.64. The first kappa shape index (κ1) is 10.9. The summed E-state index contributed by atoms with van der Waals surface area (Å²) in [7, 11) is 0. The molecule has 1 aliphatic rings. The van der Waals surface area contributed by atoms with Gasteiger partial charge >= 0.3 is 0 Å². The Morgan fingerprint density at radius 2 is 2.12 bits per heavy atom. The SMILES string of the molecule is CC(C)c1c(-c2cncs2)cnc2c1CCC2. The van der Waals surface area contributed by atoms with Gasteiger partial charge in [-0.25, -0.2) is 0 Å². The maximum Gasteiger partial charge on any atom is 0.0797 e. The molecule has 3 heteroatoms. The second-order valence-corrected chi connectivity index (χ2v) is 5.77. The standard InChI is InChI=1S/C14H16N2S/c1-9(2)14-10-4-3-5-12(10)16-6-11(14)13-7-15-8-17-13/h6-9H,3-5H2,1-2H3. The largest absolute Gasteiger partial charge is 0.260 e. The number of hydrogen-bond acceptors (Lipinski definition) is 3. The summed E-state index contributed by atoms with van der Waals surface area (Å²) in [6, 6.07) is 0. The lowest BCUT2D eigenvalue weighted by atomic mass is 9.92. The lowest BCUT2D eigenvalue weighted by Crippen LogP contribution is -2.01. The van der Waals surface area contributed by atoms with Gasteiger partial charge in [0, 0.05) is 23.7 Å². The van der Waals surface area contributed by atoms with E-state index in [4.69, 9.17) is 0 Å². The van der Waals surface area contributed by atoms with E-state index in [1.165, 1.54) is 40.1 Å². The van der Waals surface area contributed by atoms with Gasteiger partial charge in [-0.05, 0) is 36.3 Å². The zero-order valence-corrected chi connectivity index (χ0v) is 11.0. The van der Waals surface area contributed by atoms with Crippen molar-refractivity contribution in [2.24, 2.45) is 0 Å². The minimum Gasteiger partial charge on any atom is -0.260 e. The highest BCUT2D eigenvalue weighted by atomic mass is 32.1. The van der Waals surface area contributed by atoms with Gasteiger partial charge in [0.15, 0.2) is 0 Å². The third kappa shape index (κ3) is 1.78. The number of aromatic nitrogens is 2. The summed E-state index contributed by atoms with van der Waals surface area (Å²) in [5, 5.41) is 0. The Hall–Kier alpha value is -1.22. The van der Waals surface area contributed by atoms with Gasteiger partial charge in [-0.3, -0.25) is 9.97 Å². The molecule has 2 aromatic heterocycles. The van der Waals surface area contributed by atoms with Crippen LogP contribution in [0.3, 0.4) is 0 Å².